The van der Waals surface area contributed by atoms with Crippen LogP contribution in [0.15, 0.2) is 15.9 Å². The Balaban J connectivity index is 3.31. The third-order valence-corrected chi connectivity index (χ3v) is 2.49. The Morgan fingerprint density at radius 3 is 2.92 bits per heavy atom. The number of hydrogen-bond donors (Lipinski definition) is 1. The van der Waals surface area contributed by atoms with Crippen LogP contribution in [0.5, 0.6) is 0 Å². The van der Waals surface area contributed by atoms with Crippen molar-refractivity contribution in [3.8, 4) is 6.07 Å². The normalized spacial score (nSPS) is 9.62. The number of hydrogen-bond acceptors (Lipinski definition) is 3. The van der Waals surface area contributed by atoms with Gasteiger partial charge in [-0.2, -0.15) is 5.26 Å². The molecule has 4 heteroatoms. The van der Waals surface area contributed by atoms with Gasteiger partial charge in [0, 0.05) is 6.07 Å². The molecule has 0 unspecified atom stereocenters. The highest BCUT2D eigenvalue weighted by Crippen LogP contribution is 2.19. The second-order valence-corrected chi connectivity index (χ2v) is 3.84. The molecule has 1 heterocycles. The number of thioether (sulfide) groups is 1. The van der Waals surface area contributed by atoms with Gasteiger partial charge < -0.3 is 4.98 Å². The van der Waals surface area contributed by atoms with E-state index in [2.05, 4.69) is 11.1 Å². The van der Waals surface area contributed by atoms with E-state index in [1.54, 1.807) is 6.92 Å². The minimum atomic E-state index is -0.146. The van der Waals surface area contributed by atoms with Crippen LogP contribution >= 0.6 is 11.8 Å². The number of nitrogens with one attached hydrogen (secondary N) is 1. The average molecular weight is 194 g/mol. The summed E-state index contributed by atoms with van der Waals surface area (Å²) in [6.07, 6.45) is 0. The number of rotatable bonds is 2. The maximum atomic E-state index is 11.1. The first-order valence-corrected chi connectivity index (χ1v) is 4.94. The number of nitrogens with zero attached hydrogens (tertiary/aromatic N) is 1. The molecular formula is C9H10N2OS. The highest BCUT2D eigenvalue weighted by atomic mass is 32.2. The highest BCUT2D eigenvalue weighted by Gasteiger charge is 2.06. The van der Waals surface area contributed by atoms with E-state index >= 15 is 0 Å². The lowest BCUT2D eigenvalue weighted by Crippen LogP contribution is -2.08. The summed E-state index contributed by atoms with van der Waals surface area (Å²) in [5.74, 6) is 0.841. The molecule has 0 saturated carbocycles. The van der Waals surface area contributed by atoms with Gasteiger partial charge in [-0.05, 0) is 18.2 Å². The molecule has 0 aliphatic rings. The number of pyridine rings is 1. The summed E-state index contributed by atoms with van der Waals surface area (Å²) < 4.78 is 0. The number of aromatic nitrogens is 1. The Morgan fingerprint density at radius 1 is 1.69 bits per heavy atom. The lowest BCUT2D eigenvalue weighted by molar-refractivity contribution is 1.04. The second-order valence-electron chi connectivity index (χ2n) is 2.57. The molecule has 1 aromatic heterocycles. The third-order valence-electron chi connectivity index (χ3n) is 1.61. The van der Waals surface area contributed by atoms with Crippen molar-refractivity contribution in [3.05, 3.63) is 27.5 Å². The SMILES string of the molecule is CCSc1[nH]c(=O)cc(C)c1C#N. The van der Waals surface area contributed by atoms with Crippen LogP contribution in [0.4, 0.5) is 0 Å². The lowest BCUT2D eigenvalue weighted by Gasteiger charge is -2.03. The van der Waals surface area contributed by atoms with Crippen molar-refractivity contribution in [2.45, 2.75) is 18.9 Å². The van der Waals surface area contributed by atoms with E-state index in [0.717, 1.165) is 11.3 Å². The highest BCUT2D eigenvalue weighted by molar-refractivity contribution is 7.99. The van der Waals surface area contributed by atoms with E-state index in [-0.39, 0.29) is 5.56 Å². The summed E-state index contributed by atoms with van der Waals surface area (Å²) in [4.78, 5) is 13.7. The molecule has 1 N–H and O–H groups in total. The minimum absolute atomic E-state index is 0.146. The third kappa shape index (κ3) is 2.13. The van der Waals surface area contributed by atoms with Crippen LogP contribution in [0, 0.1) is 18.3 Å². The molecule has 0 saturated heterocycles. The van der Waals surface area contributed by atoms with Crippen molar-refractivity contribution >= 4 is 11.8 Å². The molecule has 0 fully saturated rings. The summed E-state index contributed by atoms with van der Waals surface area (Å²) in [6.45, 7) is 3.75. The largest absolute Gasteiger partial charge is 0.316 e. The molecule has 0 bridgehead atoms. The van der Waals surface area contributed by atoms with Crippen molar-refractivity contribution in [2.24, 2.45) is 0 Å². The summed E-state index contributed by atoms with van der Waals surface area (Å²) in [7, 11) is 0. The van der Waals surface area contributed by atoms with Crippen molar-refractivity contribution < 1.29 is 0 Å². The number of nitriles is 1. The minimum Gasteiger partial charge on any atom is -0.316 e. The molecule has 68 valence electrons. The molecule has 0 aliphatic carbocycles. The average Bonchev–Trinajstić information content (AvgIpc) is 2.04. The molecule has 1 aromatic rings. The first kappa shape index (κ1) is 9.87. The standard InChI is InChI=1S/C9H10N2OS/c1-3-13-9-7(5-10)6(2)4-8(12)11-9/h4H,3H2,1-2H3,(H,11,12). The Bertz CT molecular complexity index is 403. The maximum Gasteiger partial charge on any atom is 0.249 e. The van der Waals surface area contributed by atoms with Crippen LogP contribution in [-0.4, -0.2) is 10.7 Å². The van der Waals surface area contributed by atoms with E-state index in [4.69, 9.17) is 5.26 Å². The summed E-state index contributed by atoms with van der Waals surface area (Å²) in [5.41, 5.74) is 1.17. The summed E-state index contributed by atoms with van der Waals surface area (Å²) in [6, 6.07) is 3.53. The predicted octanol–water partition coefficient (Wildman–Crippen LogP) is 1.67. The molecule has 13 heavy (non-hydrogen) atoms. The fourth-order valence-electron chi connectivity index (χ4n) is 1.05. The quantitative estimate of drug-likeness (QED) is 0.728. The monoisotopic (exact) mass is 194 g/mol. The Labute approximate surface area is 80.8 Å². The van der Waals surface area contributed by atoms with Gasteiger partial charge in [-0.1, -0.05) is 6.92 Å². The number of aromatic amines is 1. The molecule has 0 aromatic carbocycles. The number of aryl methyl sites for hydroxylation is 1. The Hall–Kier alpha value is -1.21. The van der Waals surface area contributed by atoms with Crippen molar-refractivity contribution in [1.29, 1.82) is 5.26 Å². The van der Waals surface area contributed by atoms with E-state index in [1.165, 1.54) is 17.8 Å². The summed E-state index contributed by atoms with van der Waals surface area (Å²) >= 11 is 1.48. The Morgan fingerprint density at radius 2 is 2.38 bits per heavy atom. The smallest absolute Gasteiger partial charge is 0.249 e. The van der Waals surface area contributed by atoms with Gasteiger partial charge in [0.2, 0.25) is 5.56 Å². The van der Waals surface area contributed by atoms with Crippen molar-refractivity contribution in [3.63, 3.8) is 0 Å². The predicted molar refractivity (Wildman–Crippen MR) is 52.9 cm³/mol. The van der Waals surface area contributed by atoms with Gasteiger partial charge in [0.1, 0.15) is 6.07 Å². The van der Waals surface area contributed by atoms with E-state index in [1.807, 2.05) is 6.92 Å². The molecule has 1 rings (SSSR count). The van der Waals surface area contributed by atoms with Gasteiger partial charge in [-0.25, -0.2) is 0 Å². The molecule has 0 aliphatic heterocycles. The van der Waals surface area contributed by atoms with Gasteiger partial charge in [0.05, 0.1) is 10.6 Å². The molecule has 0 radical (unpaired) electrons. The fourth-order valence-corrected chi connectivity index (χ4v) is 1.86. The van der Waals surface area contributed by atoms with Crippen LogP contribution in [0.1, 0.15) is 18.1 Å². The fraction of sp³-hybridized carbons (Fsp3) is 0.333. The number of H-pyrrole nitrogens is 1. The van der Waals surface area contributed by atoms with Gasteiger partial charge in [0.25, 0.3) is 0 Å². The van der Waals surface area contributed by atoms with Crippen LogP contribution in [0.2, 0.25) is 0 Å². The zero-order chi connectivity index (χ0) is 9.84. The molecule has 0 spiro atoms. The van der Waals surface area contributed by atoms with E-state index < -0.39 is 0 Å². The topological polar surface area (TPSA) is 56.6 Å². The first-order valence-electron chi connectivity index (χ1n) is 3.95. The molecule has 0 amide bonds. The van der Waals surface area contributed by atoms with Gasteiger partial charge in [-0.15, -0.1) is 11.8 Å². The summed E-state index contributed by atoms with van der Waals surface area (Å²) in [5, 5.41) is 9.51. The van der Waals surface area contributed by atoms with Crippen molar-refractivity contribution in [1.82, 2.24) is 4.98 Å². The van der Waals surface area contributed by atoms with Crippen LogP contribution < -0.4 is 5.56 Å². The van der Waals surface area contributed by atoms with Gasteiger partial charge >= 0.3 is 0 Å². The lowest BCUT2D eigenvalue weighted by atomic mass is 10.2. The van der Waals surface area contributed by atoms with Gasteiger partial charge in [0.15, 0.2) is 0 Å². The molecular weight excluding hydrogens is 184 g/mol. The van der Waals surface area contributed by atoms with E-state index in [0.29, 0.717) is 10.6 Å². The van der Waals surface area contributed by atoms with Crippen LogP contribution in [0.25, 0.3) is 0 Å². The molecule has 0 atom stereocenters. The van der Waals surface area contributed by atoms with Crippen LogP contribution in [-0.2, 0) is 0 Å². The molecule has 3 nitrogen and oxygen atoms in total. The van der Waals surface area contributed by atoms with Crippen LogP contribution in [0.3, 0.4) is 0 Å². The maximum absolute atomic E-state index is 11.1. The zero-order valence-electron chi connectivity index (χ0n) is 7.55. The van der Waals surface area contributed by atoms with E-state index in [9.17, 15) is 4.79 Å². The Kier molecular flexibility index (Phi) is 3.15. The zero-order valence-corrected chi connectivity index (χ0v) is 8.36. The van der Waals surface area contributed by atoms with Gasteiger partial charge in [-0.3, -0.25) is 4.79 Å². The second kappa shape index (κ2) is 4.15. The van der Waals surface area contributed by atoms with Crippen molar-refractivity contribution in [2.75, 3.05) is 5.75 Å². The first-order chi connectivity index (χ1) is 6.19.